The topological polar surface area (TPSA) is 58.2 Å². The second-order valence-corrected chi connectivity index (χ2v) is 4.48. The first-order valence-electron chi connectivity index (χ1n) is 5.28. The van der Waals surface area contributed by atoms with Crippen LogP contribution in [-0.2, 0) is 9.59 Å². The summed E-state index contributed by atoms with van der Waals surface area (Å²) in [5.74, 6) is -1.34. The number of amides is 2. The molecule has 0 aliphatic rings. The molecule has 0 heterocycles. The second kappa shape index (κ2) is 5.68. The van der Waals surface area contributed by atoms with Crippen molar-refractivity contribution in [2.45, 2.75) is 26.8 Å². The van der Waals surface area contributed by atoms with Gasteiger partial charge in [0.25, 0.3) is 0 Å². The van der Waals surface area contributed by atoms with Gasteiger partial charge in [0, 0.05) is 16.8 Å². The fraction of sp³-hybridized carbons (Fsp3) is 0.333. The Labute approximate surface area is 105 Å². The molecule has 0 aliphatic heterocycles. The van der Waals surface area contributed by atoms with Gasteiger partial charge in [0.1, 0.15) is 0 Å². The van der Waals surface area contributed by atoms with Crippen LogP contribution in [0.1, 0.15) is 19.4 Å². The summed E-state index contributed by atoms with van der Waals surface area (Å²) < 4.78 is 0. The molecule has 1 aromatic carbocycles. The summed E-state index contributed by atoms with van der Waals surface area (Å²) in [7, 11) is 0. The maximum Gasteiger partial charge on any atom is 0.313 e. The lowest BCUT2D eigenvalue weighted by molar-refractivity contribution is -0.136. The van der Waals surface area contributed by atoms with E-state index in [1.54, 1.807) is 32.0 Å². The number of carbonyl (C=O) groups is 2. The van der Waals surface area contributed by atoms with Crippen LogP contribution in [0.3, 0.4) is 0 Å². The summed E-state index contributed by atoms with van der Waals surface area (Å²) in [5, 5.41) is 5.54. The minimum absolute atomic E-state index is 0.0753. The van der Waals surface area contributed by atoms with Crippen LogP contribution < -0.4 is 10.6 Å². The van der Waals surface area contributed by atoms with Crippen LogP contribution in [0.25, 0.3) is 0 Å². The smallest absolute Gasteiger partial charge is 0.313 e. The van der Waals surface area contributed by atoms with E-state index in [0.717, 1.165) is 5.56 Å². The van der Waals surface area contributed by atoms with Crippen LogP contribution in [0.5, 0.6) is 0 Å². The van der Waals surface area contributed by atoms with Gasteiger partial charge >= 0.3 is 11.8 Å². The lowest BCUT2D eigenvalue weighted by Gasteiger charge is -2.10. The minimum atomic E-state index is -0.691. The average molecular weight is 255 g/mol. The molecule has 2 amide bonds. The lowest BCUT2D eigenvalue weighted by atomic mass is 10.2. The fourth-order valence-corrected chi connectivity index (χ4v) is 1.41. The third kappa shape index (κ3) is 4.07. The van der Waals surface area contributed by atoms with Gasteiger partial charge in [0.2, 0.25) is 0 Å². The summed E-state index contributed by atoms with van der Waals surface area (Å²) in [6, 6.07) is 5.03. The summed E-state index contributed by atoms with van der Waals surface area (Å²) in [6.45, 7) is 5.40. The van der Waals surface area contributed by atoms with Gasteiger partial charge in [-0.25, -0.2) is 0 Å². The molecule has 0 atom stereocenters. The van der Waals surface area contributed by atoms with Crippen molar-refractivity contribution in [1.29, 1.82) is 0 Å². The van der Waals surface area contributed by atoms with Gasteiger partial charge in [-0.2, -0.15) is 0 Å². The molecule has 0 fully saturated rings. The normalized spacial score (nSPS) is 10.2. The molecule has 0 unspecified atom stereocenters. The van der Waals surface area contributed by atoms with Crippen LogP contribution >= 0.6 is 11.6 Å². The summed E-state index contributed by atoms with van der Waals surface area (Å²) in [6.07, 6.45) is 0. The molecule has 0 spiro atoms. The monoisotopic (exact) mass is 254 g/mol. The molecule has 1 aromatic rings. The van der Waals surface area contributed by atoms with Gasteiger partial charge in [-0.3, -0.25) is 9.59 Å². The van der Waals surface area contributed by atoms with Gasteiger partial charge in [0.05, 0.1) is 0 Å². The Morgan fingerprint density at radius 2 is 1.88 bits per heavy atom. The summed E-state index contributed by atoms with van der Waals surface area (Å²) in [4.78, 5) is 22.9. The van der Waals surface area contributed by atoms with Gasteiger partial charge in [-0.1, -0.05) is 17.7 Å². The Balaban J connectivity index is 2.74. The number of hydrogen-bond donors (Lipinski definition) is 2. The van der Waals surface area contributed by atoms with E-state index in [4.69, 9.17) is 11.6 Å². The molecular formula is C12H15ClN2O2. The van der Waals surface area contributed by atoms with Crippen LogP contribution in [0.2, 0.25) is 5.02 Å². The van der Waals surface area contributed by atoms with E-state index in [-0.39, 0.29) is 6.04 Å². The van der Waals surface area contributed by atoms with Crippen molar-refractivity contribution in [2.24, 2.45) is 0 Å². The SMILES string of the molecule is Cc1ccc(Cl)cc1NC(=O)C(=O)NC(C)C. The minimum Gasteiger partial charge on any atom is -0.346 e. The number of benzene rings is 1. The zero-order valence-electron chi connectivity index (χ0n) is 10.0. The second-order valence-electron chi connectivity index (χ2n) is 4.04. The molecule has 0 saturated heterocycles. The summed E-state index contributed by atoms with van der Waals surface area (Å²) in [5.41, 5.74) is 1.39. The third-order valence-electron chi connectivity index (χ3n) is 2.07. The fourth-order valence-electron chi connectivity index (χ4n) is 1.24. The highest BCUT2D eigenvalue weighted by Gasteiger charge is 2.15. The molecule has 0 aromatic heterocycles. The number of nitrogens with one attached hydrogen (secondary N) is 2. The van der Waals surface area contributed by atoms with Crippen LogP contribution in [0.15, 0.2) is 18.2 Å². The molecule has 0 saturated carbocycles. The molecule has 92 valence electrons. The Morgan fingerprint density at radius 3 is 2.47 bits per heavy atom. The standard InChI is InChI=1S/C12H15ClN2O2/c1-7(2)14-11(16)12(17)15-10-6-9(13)5-4-8(10)3/h4-7H,1-3H3,(H,14,16)(H,15,17). The Hall–Kier alpha value is -1.55. The number of hydrogen-bond acceptors (Lipinski definition) is 2. The lowest BCUT2D eigenvalue weighted by Crippen LogP contribution is -2.39. The number of rotatable bonds is 2. The van der Waals surface area contributed by atoms with Crippen LogP contribution in [-0.4, -0.2) is 17.9 Å². The Morgan fingerprint density at radius 1 is 1.24 bits per heavy atom. The predicted molar refractivity (Wildman–Crippen MR) is 68.1 cm³/mol. The third-order valence-corrected chi connectivity index (χ3v) is 2.31. The Bertz CT molecular complexity index is 444. The van der Waals surface area contributed by atoms with Gasteiger partial charge in [-0.05, 0) is 38.5 Å². The van der Waals surface area contributed by atoms with Crippen molar-refractivity contribution >= 4 is 29.1 Å². The van der Waals surface area contributed by atoms with E-state index in [0.29, 0.717) is 10.7 Å². The van der Waals surface area contributed by atoms with Gasteiger partial charge < -0.3 is 10.6 Å². The van der Waals surface area contributed by atoms with E-state index in [1.165, 1.54) is 0 Å². The van der Waals surface area contributed by atoms with Crippen molar-refractivity contribution in [1.82, 2.24) is 5.32 Å². The number of aryl methyl sites for hydroxylation is 1. The van der Waals surface area contributed by atoms with Crippen molar-refractivity contribution in [3.05, 3.63) is 28.8 Å². The maximum absolute atomic E-state index is 11.5. The highest BCUT2D eigenvalue weighted by Crippen LogP contribution is 2.19. The summed E-state index contributed by atoms with van der Waals surface area (Å²) >= 11 is 5.81. The highest BCUT2D eigenvalue weighted by molar-refractivity contribution is 6.40. The van der Waals surface area contributed by atoms with E-state index in [2.05, 4.69) is 10.6 Å². The predicted octanol–water partition coefficient (Wildman–Crippen LogP) is 2.11. The number of carbonyl (C=O) groups excluding carboxylic acids is 2. The maximum atomic E-state index is 11.5. The zero-order valence-corrected chi connectivity index (χ0v) is 10.8. The molecule has 0 aliphatic carbocycles. The molecular weight excluding hydrogens is 240 g/mol. The first kappa shape index (κ1) is 13.5. The first-order chi connectivity index (χ1) is 7.90. The molecule has 1 rings (SSSR count). The molecule has 5 heteroatoms. The molecule has 0 bridgehead atoms. The number of halogens is 1. The highest BCUT2D eigenvalue weighted by atomic mass is 35.5. The van der Waals surface area contributed by atoms with Crippen molar-refractivity contribution in [2.75, 3.05) is 5.32 Å². The number of anilines is 1. The first-order valence-corrected chi connectivity index (χ1v) is 5.66. The van der Waals surface area contributed by atoms with Gasteiger partial charge in [0.15, 0.2) is 0 Å². The molecule has 17 heavy (non-hydrogen) atoms. The van der Waals surface area contributed by atoms with Gasteiger partial charge in [-0.15, -0.1) is 0 Å². The largest absolute Gasteiger partial charge is 0.346 e. The quantitative estimate of drug-likeness (QED) is 0.795. The molecule has 4 nitrogen and oxygen atoms in total. The Kier molecular flexibility index (Phi) is 4.52. The average Bonchev–Trinajstić information content (AvgIpc) is 2.22. The van der Waals surface area contributed by atoms with Crippen LogP contribution in [0, 0.1) is 6.92 Å². The molecule has 0 radical (unpaired) electrons. The van der Waals surface area contributed by atoms with E-state index in [1.807, 2.05) is 6.92 Å². The zero-order chi connectivity index (χ0) is 13.0. The van der Waals surface area contributed by atoms with E-state index in [9.17, 15) is 9.59 Å². The van der Waals surface area contributed by atoms with Crippen LogP contribution in [0.4, 0.5) is 5.69 Å². The molecule has 2 N–H and O–H groups in total. The van der Waals surface area contributed by atoms with Crippen molar-refractivity contribution in [3.63, 3.8) is 0 Å². The van der Waals surface area contributed by atoms with E-state index >= 15 is 0 Å². The van der Waals surface area contributed by atoms with Crippen molar-refractivity contribution < 1.29 is 9.59 Å². The van der Waals surface area contributed by atoms with Crippen molar-refractivity contribution in [3.8, 4) is 0 Å². The van der Waals surface area contributed by atoms with E-state index < -0.39 is 11.8 Å².